The minimum absolute atomic E-state index is 0.0364. The van der Waals surface area contributed by atoms with Gasteiger partial charge in [0.05, 0.1) is 33.3 Å². The minimum atomic E-state index is -5.59. The van der Waals surface area contributed by atoms with Crippen molar-refractivity contribution in [3.8, 4) is 0 Å². The zero-order valence-electron chi connectivity index (χ0n) is 38.5. The smallest absolute Gasteiger partial charge is 0.373 e. The average Bonchev–Trinajstić information content (AvgIpc) is 4.10. The Labute approximate surface area is 408 Å². The standard InChI is InChI=1S/C26H24F6N2O4.C23H17F7N2O4/c1-15-18-13-16(9-10-17(18)21(35)38-34-15)33-22(36)24(37,26(30,31)32)14-23(11-5-2-6-12-23)19-7-3-4-8-20(19)25(27,28)29;1-11-15-9-13(3-4-14(15)18(33)36-32-11)31-19(34)21(35,23(28,29)30)10-20(6-7-20)17-8-12(24)2-5-16(17)22(25,26)27/h3-4,7-10,13,37H,2,5-6,11-12,14H2,1H3,(H,33,36);2-5,8-9,35H,6-7,10H2,1H3,(H,31,34). The Balaban J connectivity index is 0.000000217. The molecule has 396 valence electrons. The van der Waals surface area contributed by atoms with Crippen LogP contribution in [0.15, 0.2) is 97.5 Å². The first kappa shape index (κ1) is 54.9. The molecular formula is C49H41F13N4O8. The Hall–Kier alpha value is -6.89. The summed E-state index contributed by atoms with van der Waals surface area (Å²) in [7, 11) is 0. The van der Waals surface area contributed by atoms with E-state index in [1.54, 1.807) is 0 Å². The number of alkyl halides is 12. The van der Waals surface area contributed by atoms with E-state index in [0.29, 0.717) is 37.5 Å². The quantitative estimate of drug-likeness (QED) is 0.0963. The monoisotopic (exact) mass is 1060 g/mol. The van der Waals surface area contributed by atoms with Gasteiger partial charge in [0, 0.05) is 35.0 Å². The topological polar surface area (TPSA) is 185 Å². The van der Waals surface area contributed by atoms with Gasteiger partial charge in [-0.15, -0.1) is 0 Å². The van der Waals surface area contributed by atoms with Gasteiger partial charge in [-0.25, -0.2) is 14.0 Å². The van der Waals surface area contributed by atoms with Crippen molar-refractivity contribution in [1.29, 1.82) is 0 Å². The van der Waals surface area contributed by atoms with E-state index in [-0.39, 0.29) is 75.6 Å². The summed E-state index contributed by atoms with van der Waals surface area (Å²) in [5.74, 6) is -4.89. The molecule has 2 heterocycles. The molecule has 2 unspecified atom stereocenters. The van der Waals surface area contributed by atoms with Crippen LogP contribution in [0.5, 0.6) is 0 Å². The van der Waals surface area contributed by atoms with Gasteiger partial charge in [-0.2, -0.15) is 52.7 Å². The van der Waals surface area contributed by atoms with Crippen LogP contribution in [0, 0.1) is 19.7 Å². The number of halogens is 13. The number of aromatic nitrogens is 2. The number of nitrogens with one attached hydrogen (secondary N) is 2. The lowest BCUT2D eigenvalue weighted by atomic mass is 9.62. The number of aryl methyl sites for hydroxylation is 2. The molecule has 4 aromatic carbocycles. The first-order valence-corrected chi connectivity index (χ1v) is 22.3. The SMILES string of the molecule is Cc1noc(=O)c2ccc(NC(=O)C(O)(CC3(c4cc(F)ccc4C(F)(F)F)CC3)C(F)(F)F)cc12.Cc1noc(=O)c2ccc(NC(=O)C(O)(CC3(c4ccccc4C(F)(F)F)CCCCC3)C(F)(F)F)cc12. The number of amides is 2. The molecule has 2 aliphatic carbocycles. The molecule has 2 fully saturated rings. The van der Waals surface area contributed by atoms with Gasteiger partial charge in [-0.1, -0.05) is 47.8 Å². The van der Waals surface area contributed by atoms with Crippen LogP contribution in [-0.4, -0.2) is 55.9 Å². The van der Waals surface area contributed by atoms with Gasteiger partial charge in [0.15, 0.2) is 0 Å². The second-order valence-corrected chi connectivity index (χ2v) is 18.5. The number of benzene rings is 4. The maximum atomic E-state index is 14.4. The Morgan fingerprint density at radius 2 is 0.973 bits per heavy atom. The number of aliphatic hydroxyl groups is 2. The third-order valence-corrected chi connectivity index (χ3v) is 13.5. The molecule has 25 heteroatoms. The highest BCUT2D eigenvalue weighted by molar-refractivity contribution is 6.01. The molecule has 2 amide bonds. The summed E-state index contributed by atoms with van der Waals surface area (Å²) in [6.45, 7) is 2.92. The average molecular weight is 1060 g/mol. The van der Waals surface area contributed by atoms with Crippen molar-refractivity contribution in [3.63, 3.8) is 0 Å². The molecule has 0 aliphatic heterocycles. The van der Waals surface area contributed by atoms with E-state index in [9.17, 15) is 86.5 Å². The van der Waals surface area contributed by atoms with Crippen LogP contribution >= 0.6 is 0 Å². The molecule has 12 nitrogen and oxygen atoms in total. The van der Waals surface area contributed by atoms with Crippen LogP contribution < -0.4 is 21.9 Å². The van der Waals surface area contributed by atoms with Crippen LogP contribution in [0.4, 0.5) is 68.5 Å². The van der Waals surface area contributed by atoms with Crippen LogP contribution in [-0.2, 0) is 32.8 Å². The lowest BCUT2D eigenvalue weighted by Crippen LogP contribution is -2.58. The van der Waals surface area contributed by atoms with E-state index < -0.39 is 105 Å². The number of carbonyl (C=O) groups is 2. The van der Waals surface area contributed by atoms with Gasteiger partial charge >= 0.3 is 36.0 Å². The third kappa shape index (κ3) is 10.7. The molecule has 4 N–H and O–H groups in total. The number of hydrogen-bond donors (Lipinski definition) is 4. The zero-order valence-corrected chi connectivity index (χ0v) is 38.5. The predicted molar refractivity (Wildman–Crippen MR) is 237 cm³/mol. The molecule has 74 heavy (non-hydrogen) atoms. The molecule has 0 bridgehead atoms. The largest absolute Gasteiger partial charge is 0.426 e. The van der Waals surface area contributed by atoms with Crippen molar-refractivity contribution in [2.75, 3.05) is 10.6 Å². The van der Waals surface area contributed by atoms with Crippen molar-refractivity contribution < 1.29 is 85.9 Å². The van der Waals surface area contributed by atoms with Crippen LogP contribution in [0.1, 0.15) is 91.4 Å². The van der Waals surface area contributed by atoms with Gasteiger partial charge in [-0.3, -0.25) is 9.59 Å². The molecule has 2 saturated carbocycles. The number of fused-ring (bicyclic) bond motifs is 2. The normalized spacial score (nSPS) is 17.4. The van der Waals surface area contributed by atoms with E-state index in [1.165, 1.54) is 38.1 Å². The van der Waals surface area contributed by atoms with Crippen LogP contribution in [0.3, 0.4) is 0 Å². The van der Waals surface area contributed by atoms with E-state index >= 15 is 0 Å². The Morgan fingerprint density at radius 1 is 0.554 bits per heavy atom. The Bertz CT molecular complexity index is 3250. The lowest BCUT2D eigenvalue weighted by Gasteiger charge is -2.44. The van der Waals surface area contributed by atoms with Crippen molar-refractivity contribution in [2.45, 2.75) is 118 Å². The molecular weight excluding hydrogens is 1020 g/mol. The molecule has 2 atom stereocenters. The molecule has 2 aromatic heterocycles. The van der Waals surface area contributed by atoms with Gasteiger partial charge < -0.3 is 29.9 Å². The highest BCUT2D eigenvalue weighted by Gasteiger charge is 2.66. The van der Waals surface area contributed by atoms with Crippen molar-refractivity contribution in [1.82, 2.24) is 10.3 Å². The minimum Gasteiger partial charge on any atom is -0.373 e. The summed E-state index contributed by atoms with van der Waals surface area (Å²) in [5.41, 5.74) is -17.0. The molecule has 0 saturated heterocycles. The fourth-order valence-electron chi connectivity index (χ4n) is 9.54. The summed E-state index contributed by atoms with van der Waals surface area (Å²) in [5, 5.41) is 33.0. The summed E-state index contributed by atoms with van der Waals surface area (Å²) in [6.07, 6.45) is -23.0. The highest BCUT2D eigenvalue weighted by Crippen LogP contribution is 2.58. The fraction of sp³-hybridized carbons (Fsp3) is 0.388. The fourth-order valence-corrected chi connectivity index (χ4v) is 9.54. The van der Waals surface area contributed by atoms with Crippen LogP contribution in [0.2, 0.25) is 0 Å². The third-order valence-electron chi connectivity index (χ3n) is 13.5. The Kier molecular flexibility index (Phi) is 14.4. The molecule has 0 radical (unpaired) electrons. The summed E-state index contributed by atoms with van der Waals surface area (Å²) < 4.78 is 191. The number of hydrogen-bond acceptors (Lipinski definition) is 10. The van der Waals surface area contributed by atoms with E-state index in [2.05, 4.69) is 19.4 Å². The number of carbonyl (C=O) groups excluding carboxylic acids is 2. The van der Waals surface area contributed by atoms with Gasteiger partial charge in [0.25, 0.3) is 11.8 Å². The van der Waals surface area contributed by atoms with Gasteiger partial charge in [-0.05, 0) is 122 Å². The van der Waals surface area contributed by atoms with Crippen molar-refractivity contribution >= 4 is 44.7 Å². The molecule has 2 aliphatic rings. The van der Waals surface area contributed by atoms with Crippen molar-refractivity contribution in [2.24, 2.45) is 0 Å². The lowest BCUT2D eigenvalue weighted by molar-refractivity contribution is -0.256. The number of anilines is 2. The highest BCUT2D eigenvalue weighted by atomic mass is 19.4. The summed E-state index contributed by atoms with van der Waals surface area (Å²) >= 11 is 0. The molecule has 0 spiro atoms. The van der Waals surface area contributed by atoms with E-state index in [4.69, 9.17) is 0 Å². The van der Waals surface area contributed by atoms with Gasteiger partial charge in [0.1, 0.15) is 5.82 Å². The van der Waals surface area contributed by atoms with E-state index in [0.717, 1.165) is 36.4 Å². The van der Waals surface area contributed by atoms with E-state index in [1.807, 2.05) is 10.6 Å². The van der Waals surface area contributed by atoms with Gasteiger partial charge in [0.2, 0.25) is 11.2 Å². The Morgan fingerprint density at radius 3 is 1.39 bits per heavy atom. The number of rotatable bonds is 10. The first-order valence-electron chi connectivity index (χ1n) is 22.3. The number of nitrogens with zero attached hydrogens (tertiary/aromatic N) is 2. The van der Waals surface area contributed by atoms with Crippen molar-refractivity contribution in [3.05, 3.63) is 139 Å². The maximum absolute atomic E-state index is 14.4. The second-order valence-electron chi connectivity index (χ2n) is 18.5. The maximum Gasteiger partial charge on any atom is 0.426 e. The zero-order chi connectivity index (χ0) is 54.6. The molecule has 6 aromatic rings. The van der Waals surface area contributed by atoms with Crippen LogP contribution in [0.25, 0.3) is 21.5 Å². The summed E-state index contributed by atoms with van der Waals surface area (Å²) in [4.78, 5) is 49.5. The predicted octanol–water partition coefficient (Wildman–Crippen LogP) is 11.0. The summed E-state index contributed by atoms with van der Waals surface area (Å²) in [6, 6.07) is 12.8. The molecule has 8 rings (SSSR count). The second kappa shape index (κ2) is 19.4. The first-order chi connectivity index (χ1) is 34.3.